The summed E-state index contributed by atoms with van der Waals surface area (Å²) in [5, 5.41) is 0. The van der Waals surface area contributed by atoms with Gasteiger partial charge in [-0.25, -0.2) is 4.39 Å². The minimum atomic E-state index is -0.304. The van der Waals surface area contributed by atoms with Crippen molar-refractivity contribution in [2.75, 3.05) is 13.2 Å². The number of halogens is 1. The highest BCUT2D eigenvalue weighted by Gasteiger charge is 2.02. The lowest BCUT2D eigenvalue weighted by Crippen LogP contribution is -2.10. The summed E-state index contributed by atoms with van der Waals surface area (Å²) in [6, 6.07) is 12.1. The summed E-state index contributed by atoms with van der Waals surface area (Å²) < 4.78 is 24.2. The number of aryl methyl sites for hydroxylation is 1. The molecule has 0 aliphatic carbocycles. The largest absolute Gasteiger partial charge is 0.490 e. The van der Waals surface area contributed by atoms with Gasteiger partial charge in [-0.05, 0) is 36.2 Å². The van der Waals surface area contributed by atoms with Gasteiger partial charge in [-0.2, -0.15) is 0 Å². The van der Waals surface area contributed by atoms with E-state index in [1.165, 1.54) is 12.1 Å². The Balaban J connectivity index is 1.82. The Hall–Kier alpha value is -2.07. The summed E-state index contributed by atoms with van der Waals surface area (Å²) in [7, 11) is 0. The lowest BCUT2D eigenvalue weighted by atomic mass is 10.2. The van der Waals surface area contributed by atoms with Gasteiger partial charge < -0.3 is 15.2 Å². The fourth-order valence-corrected chi connectivity index (χ4v) is 1.80. The second kappa shape index (κ2) is 6.91. The Morgan fingerprint density at radius 2 is 1.85 bits per heavy atom. The van der Waals surface area contributed by atoms with Crippen LogP contribution in [0.2, 0.25) is 0 Å². The number of ether oxygens (including phenoxy) is 2. The lowest BCUT2D eigenvalue weighted by Gasteiger charge is -2.11. The number of hydrogen-bond donors (Lipinski definition) is 1. The first-order chi connectivity index (χ1) is 9.69. The van der Waals surface area contributed by atoms with E-state index >= 15 is 0 Å². The molecule has 0 saturated carbocycles. The van der Waals surface area contributed by atoms with Crippen LogP contribution in [0.5, 0.6) is 11.5 Å². The predicted octanol–water partition coefficient (Wildman–Crippen LogP) is 3.05. The molecular formula is C16H18FNO2. The van der Waals surface area contributed by atoms with E-state index in [4.69, 9.17) is 15.2 Å². The van der Waals surface area contributed by atoms with Crippen LogP contribution in [0.1, 0.15) is 11.1 Å². The smallest absolute Gasteiger partial charge is 0.126 e. The van der Waals surface area contributed by atoms with E-state index in [2.05, 4.69) is 0 Å². The molecule has 0 radical (unpaired) electrons. The number of benzene rings is 2. The van der Waals surface area contributed by atoms with Crippen molar-refractivity contribution in [3.05, 3.63) is 59.4 Å². The summed E-state index contributed by atoms with van der Waals surface area (Å²) in [5.41, 5.74) is 7.48. The van der Waals surface area contributed by atoms with Crippen molar-refractivity contribution in [2.45, 2.75) is 13.5 Å². The second-order valence-corrected chi connectivity index (χ2v) is 4.46. The first kappa shape index (κ1) is 14.3. The Morgan fingerprint density at radius 1 is 1.05 bits per heavy atom. The summed E-state index contributed by atoms with van der Waals surface area (Å²) >= 11 is 0. The highest BCUT2D eigenvalue weighted by atomic mass is 19.1. The molecule has 4 heteroatoms. The maximum atomic E-state index is 13.1. The molecule has 2 rings (SSSR count). The van der Waals surface area contributed by atoms with Crippen molar-refractivity contribution in [3.8, 4) is 11.5 Å². The topological polar surface area (TPSA) is 44.5 Å². The van der Waals surface area contributed by atoms with Crippen molar-refractivity contribution in [1.82, 2.24) is 0 Å². The van der Waals surface area contributed by atoms with Crippen molar-refractivity contribution in [2.24, 2.45) is 5.73 Å². The standard InChI is InChI=1S/C16H18FNO2/c1-12-5-6-14(17)10-16(12)20-8-7-19-15-4-2-3-13(9-15)11-18/h2-6,9-10H,7-8,11,18H2,1H3. The molecule has 3 nitrogen and oxygen atoms in total. The summed E-state index contributed by atoms with van der Waals surface area (Å²) in [6.45, 7) is 3.11. The predicted molar refractivity (Wildman–Crippen MR) is 76.5 cm³/mol. The van der Waals surface area contributed by atoms with E-state index in [1.807, 2.05) is 31.2 Å². The summed E-state index contributed by atoms with van der Waals surface area (Å²) in [6.07, 6.45) is 0. The molecule has 2 aromatic carbocycles. The van der Waals surface area contributed by atoms with Crippen molar-refractivity contribution in [3.63, 3.8) is 0 Å². The van der Waals surface area contributed by atoms with Gasteiger partial charge in [-0.3, -0.25) is 0 Å². The van der Waals surface area contributed by atoms with E-state index in [-0.39, 0.29) is 5.82 Å². The van der Waals surface area contributed by atoms with Gasteiger partial charge in [0.25, 0.3) is 0 Å². The molecule has 0 bridgehead atoms. The molecule has 2 aromatic rings. The highest BCUT2D eigenvalue weighted by molar-refractivity contribution is 5.32. The number of nitrogens with two attached hydrogens (primary N) is 1. The summed E-state index contributed by atoms with van der Waals surface area (Å²) in [5.74, 6) is 0.999. The molecule has 0 fully saturated rings. The van der Waals surface area contributed by atoms with Gasteiger partial charge in [0.05, 0.1) is 0 Å². The molecule has 0 unspecified atom stereocenters. The second-order valence-electron chi connectivity index (χ2n) is 4.46. The fraction of sp³-hybridized carbons (Fsp3) is 0.250. The maximum absolute atomic E-state index is 13.1. The van der Waals surface area contributed by atoms with Gasteiger partial charge in [-0.15, -0.1) is 0 Å². The normalized spacial score (nSPS) is 10.3. The van der Waals surface area contributed by atoms with E-state index in [1.54, 1.807) is 6.07 Å². The van der Waals surface area contributed by atoms with Gasteiger partial charge in [0.2, 0.25) is 0 Å². The zero-order valence-corrected chi connectivity index (χ0v) is 11.4. The van der Waals surface area contributed by atoms with Crippen LogP contribution in [0.25, 0.3) is 0 Å². The molecule has 0 atom stereocenters. The Morgan fingerprint density at radius 3 is 2.65 bits per heavy atom. The minimum Gasteiger partial charge on any atom is -0.490 e. The SMILES string of the molecule is Cc1ccc(F)cc1OCCOc1cccc(CN)c1. The zero-order valence-electron chi connectivity index (χ0n) is 11.4. The number of hydrogen-bond acceptors (Lipinski definition) is 3. The van der Waals surface area contributed by atoms with Gasteiger partial charge in [0.15, 0.2) is 0 Å². The van der Waals surface area contributed by atoms with Crippen LogP contribution in [0.3, 0.4) is 0 Å². The van der Waals surface area contributed by atoms with Gasteiger partial charge >= 0.3 is 0 Å². The molecular weight excluding hydrogens is 257 g/mol. The average Bonchev–Trinajstić information content (AvgIpc) is 2.47. The molecule has 0 aliphatic heterocycles. The van der Waals surface area contributed by atoms with Crippen molar-refractivity contribution < 1.29 is 13.9 Å². The molecule has 0 heterocycles. The molecule has 20 heavy (non-hydrogen) atoms. The molecule has 106 valence electrons. The molecule has 0 amide bonds. The average molecular weight is 275 g/mol. The minimum absolute atomic E-state index is 0.304. The third kappa shape index (κ3) is 3.96. The fourth-order valence-electron chi connectivity index (χ4n) is 1.80. The molecule has 2 N–H and O–H groups in total. The van der Waals surface area contributed by atoms with Crippen LogP contribution in [0, 0.1) is 12.7 Å². The lowest BCUT2D eigenvalue weighted by molar-refractivity contribution is 0.215. The van der Waals surface area contributed by atoms with Crippen molar-refractivity contribution in [1.29, 1.82) is 0 Å². The maximum Gasteiger partial charge on any atom is 0.126 e. The molecule has 0 aromatic heterocycles. The molecule has 0 spiro atoms. The quantitative estimate of drug-likeness (QED) is 0.824. The van der Waals surface area contributed by atoms with Crippen LogP contribution in [-0.4, -0.2) is 13.2 Å². The van der Waals surface area contributed by atoms with Crippen LogP contribution in [0.4, 0.5) is 4.39 Å². The van der Waals surface area contributed by atoms with Crippen LogP contribution >= 0.6 is 0 Å². The number of rotatable bonds is 6. The van der Waals surface area contributed by atoms with E-state index in [9.17, 15) is 4.39 Å². The van der Waals surface area contributed by atoms with E-state index in [0.717, 1.165) is 16.9 Å². The Bertz CT molecular complexity index is 572. The Kier molecular flexibility index (Phi) is 4.96. The highest BCUT2D eigenvalue weighted by Crippen LogP contribution is 2.18. The van der Waals surface area contributed by atoms with Gasteiger partial charge in [0, 0.05) is 12.6 Å². The first-order valence-electron chi connectivity index (χ1n) is 6.50. The van der Waals surface area contributed by atoms with E-state index < -0.39 is 0 Å². The zero-order chi connectivity index (χ0) is 14.4. The summed E-state index contributed by atoms with van der Waals surface area (Å²) in [4.78, 5) is 0. The Labute approximate surface area is 118 Å². The monoisotopic (exact) mass is 275 g/mol. The van der Waals surface area contributed by atoms with Gasteiger partial charge in [0.1, 0.15) is 30.5 Å². The van der Waals surface area contributed by atoms with Crippen molar-refractivity contribution >= 4 is 0 Å². The van der Waals surface area contributed by atoms with E-state index in [0.29, 0.717) is 25.5 Å². The third-order valence-corrected chi connectivity index (χ3v) is 2.89. The van der Waals surface area contributed by atoms with Crippen LogP contribution < -0.4 is 15.2 Å². The van der Waals surface area contributed by atoms with Crippen LogP contribution in [-0.2, 0) is 6.54 Å². The third-order valence-electron chi connectivity index (χ3n) is 2.89. The van der Waals surface area contributed by atoms with Crippen LogP contribution in [0.15, 0.2) is 42.5 Å². The van der Waals surface area contributed by atoms with Gasteiger partial charge in [-0.1, -0.05) is 18.2 Å². The molecule has 0 saturated heterocycles. The first-order valence-corrected chi connectivity index (χ1v) is 6.50. The molecule has 0 aliphatic rings.